The SMILES string of the molecule is O=C(Nc1cccc(C(F)(F)F)c1)c1ccc(F)c(Nc2cc(-c3cccnc3)nc3[nH]ccc23)c1. The predicted octanol–water partition coefficient (Wildman–Crippen LogP) is 6.78. The van der Waals surface area contributed by atoms with E-state index in [1.807, 2.05) is 6.07 Å². The van der Waals surface area contributed by atoms with Crippen molar-refractivity contribution in [1.29, 1.82) is 0 Å². The van der Waals surface area contributed by atoms with Gasteiger partial charge in [0.15, 0.2) is 0 Å². The maximum Gasteiger partial charge on any atom is 0.416 e. The number of halogens is 4. The van der Waals surface area contributed by atoms with E-state index in [9.17, 15) is 22.4 Å². The van der Waals surface area contributed by atoms with Crippen LogP contribution in [0.4, 0.5) is 34.6 Å². The van der Waals surface area contributed by atoms with Crippen molar-refractivity contribution in [3.8, 4) is 11.3 Å². The molecule has 180 valence electrons. The molecule has 0 aliphatic heterocycles. The van der Waals surface area contributed by atoms with Crippen LogP contribution in [0.15, 0.2) is 85.3 Å². The van der Waals surface area contributed by atoms with Gasteiger partial charge in [0.2, 0.25) is 0 Å². The van der Waals surface area contributed by atoms with Gasteiger partial charge >= 0.3 is 6.18 Å². The standard InChI is InChI=1S/C26H17F4N5O/c27-20-7-6-15(25(36)33-18-5-1-4-17(12-18)26(28,29)30)11-23(20)34-22-13-21(16-3-2-9-31-14-16)35-24-19(22)8-10-32-24/h1-14H,(H,33,36)(H2,32,34,35). The minimum atomic E-state index is -4.55. The smallest absolute Gasteiger partial charge is 0.352 e. The second-order valence-electron chi connectivity index (χ2n) is 7.89. The second kappa shape index (κ2) is 9.14. The number of anilines is 3. The molecule has 0 radical (unpaired) electrons. The Labute approximate surface area is 202 Å². The van der Waals surface area contributed by atoms with Gasteiger partial charge in [-0.25, -0.2) is 9.37 Å². The van der Waals surface area contributed by atoms with Crippen molar-refractivity contribution in [2.24, 2.45) is 0 Å². The van der Waals surface area contributed by atoms with Crippen molar-refractivity contribution in [2.45, 2.75) is 6.18 Å². The number of pyridine rings is 2. The Morgan fingerprint density at radius 1 is 0.944 bits per heavy atom. The number of nitrogens with zero attached hydrogens (tertiary/aromatic N) is 2. The number of aromatic amines is 1. The van der Waals surface area contributed by atoms with Gasteiger partial charge in [0.1, 0.15) is 11.5 Å². The first-order chi connectivity index (χ1) is 17.3. The lowest BCUT2D eigenvalue weighted by molar-refractivity contribution is -0.137. The number of amides is 1. The molecule has 0 bridgehead atoms. The molecule has 3 N–H and O–H groups in total. The van der Waals surface area contributed by atoms with Crippen molar-refractivity contribution in [3.05, 3.63) is 102 Å². The van der Waals surface area contributed by atoms with Crippen molar-refractivity contribution in [2.75, 3.05) is 10.6 Å². The number of alkyl halides is 3. The van der Waals surface area contributed by atoms with Crippen LogP contribution >= 0.6 is 0 Å². The van der Waals surface area contributed by atoms with E-state index >= 15 is 0 Å². The number of nitrogens with one attached hydrogen (secondary N) is 3. The number of carbonyl (C=O) groups excluding carboxylic acids is 1. The van der Waals surface area contributed by atoms with Crippen LogP contribution < -0.4 is 10.6 Å². The molecule has 5 rings (SSSR count). The van der Waals surface area contributed by atoms with Gasteiger partial charge in [-0.1, -0.05) is 6.07 Å². The van der Waals surface area contributed by atoms with Gasteiger partial charge in [0.05, 0.1) is 22.6 Å². The summed E-state index contributed by atoms with van der Waals surface area (Å²) in [5, 5.41) is 6.14. The van der Waals surface area contributed by atoms with Crippen molar-refractivity contribution < 1.29 is 22.4 Å². The Morgan fingerprint density at radius 2 is 1.81 bits per heavy atom. The molecule has 10 heteroatoms. The van der Waals surface area contributed by atoms with Crippen LogP contribution in [0.5, 0.6) is 0 Å². The van der Waals surface area contributed by atoms with Crippen LogP contribution in [0.3, 0.4) is 0 Å². The van der Waals surface area contributed by atoms with E-state index in [0.717, 1.165) is 23.8 Å². The number of H-pyrrole nitrogens is 1. The number of aromatic nitrogens is 3. The Kier molecular flexibility index (Phi) is 5.85. The van der Waals surface area contributed by atoms with E-state index in [4.69, 9.17) is 0 Å². The molecule has 6 nitrogen and oxygen atoms in total. The minimum Gasteiger partial charge on any atom is -0.352 e. The first-order valence-electron chi connectivity index (χ1n) is 10.7. The Bertz CT molecular complexity index is 1560. The highest BCUT2D eigenvalue weighted by atomic mass is 19.4. The Hall–Kier alpha value is -4.73. The molecule has 0 unspecified atom stereocenters. The predicted molar refractivity (Wildman–Crippen MR) is 128 cm³/mol. The molecule has 5 aromatic rings. The summed E-state index contributed by atoms with van der Waals surface area (Å²) in [6, 6.07) is 15.1. The topological polar surface area (TPSA) is 82.7 Å². The van der Waals surface area contributed by atoms with Crippen molar-refractivity contribution in [3.63, 3.8) is 0 Å². The molecule has 2 aromatic carbocycles. The number of hydrogen-bond donors (Lipinski definition) is 3. The summed E-state index contributed by atoms with van der Waals surface area (Å²) in [7, 11) is 0. The van der Waals surface area contributed by atoms with Crippen LogP contribution in [0, 0.1) is 5.82 Å². The molecular formula is C26H17F4N5O. The Balaban J connectivity index is 1.45. The summed E-state index contributed by atoms with van der Waals surface area (Å²) >= 11 is 0. The van der Waals surface area contributed by atoms with E-state index in [1.54, 1.807) is 36.8 Å². The first-order valence-corrected chi connectivity index (χ1v) is 10.7. The number of carbonyl (C=O) groups is 1. The lowest BCUT2D eigenvalue weighted by Crippen LogP contribution is -2.13. The van der Waals surface area contributed by atoms with E-state index < -0.39 is 23.5 Å². The summed E-state index contributed by atoms with van der Waals surface area (Å²) in [6.45, 7) is 0. The summed E-state index contributed by atoms with van der Waals surface area (Å²) in [5.74, 6) is -1.30. The summed E-state index contributed by atoms with van der Waals surface area (Å²) < 4.78 is 53.7. The fourth-order valence-corrected chi connectivity index (χ4v) is 3.69. The van der Waals surface area contributed by atoms with E-state index in [1.165, 1.54) is 24.3 Å². The maximum atomic E-state index is 14.7. The highest BCUT2D eigenvalue weighted by molar-refractivity contribution is 6.05. The third-order valence-electron chi connectivity index (χ3n) is 5.43. The Morgan fingerprint density at radius 3 is 2.58 bits per heavy atom. The zero-order valence-electron chi connectivity index (χ0n) is 18.4. The van der Waals surface area contributed by atoms with Gasteiger partial charge in [-0.15, -0.1) is 0 Å². The summed E-state index contributed by atoms with van der Waals surface area (Å²) in [6.07, 6.45) is 0.447. The monoisotopic (exact) mass is 491 g/mol. The molecule has 0 spiro atoms. The number of fused-ring (bicyclic) bond motifs is 1. The van der Waals surface area contributed by atoms with Gasteiger partial charge in [-0.05, 0) is 60.7 Å². The van der Waals surface area contributed by atoms with E-state index in [0.29, 0.717) is 22.4 Å². The van der Waals surface area contributed by atoms with Gasteiger partial charge < -0.3 is 15.6 Å². The van der Waals surface area contributed by atoms with Crippen LogP contribution in [0.2, 0.25) is 0 Å². The molecular weight excluding hydrogens is 474 g/mol. The van der Waals surface area contributed by atoms with Crippen LogP contribution in [0.1, 0.15) is 15.9 Å². The summed E-state index contributed by atoms with van der Waals surface area (Å²) in [5.41, 5.74) is 1.61. The molecule has 1 amide bonds. The van der Waals surface area contributed by atoms with Gasteiger partial charge in [-0.3, -0.25) is 9.78 Å². The highest BCUT2D eigenvalue weighted by Gasteiger charge is 2.30. The number of benzene rings is 2. The molecule has 0 fully saturated rings. The molecule has 0 aliphatic carbocycles. The van der Waals surface area contributed by atoms with Crippen molar-refractivity contribution in [1.82, 2.24) is 15.0 Å². The number of hydrogen-bond acceptors (Lipinski definition) is 4. The number of rotatable bonds is 5. The molecule has 3 aromatic heterocycles. The molecule has 0 aliphatic rings. The molecule has 0 saturated heterocycles. The van der Waals surface area contributed by atoms with Crippen LogP contribution in [-0.2, 0) is 6.18 Å². The largest absolute Gasteiger partial charge is 0.416 e. The molecule has 0 atom stereocenters. The zero-order valence-corrected chi connectivity index (χ0v) is 18.4. The quantitative estimate of drug-likeness (QED) is 0.237. The third kappa shape index (κ3) is 4.74. The average Bonchev–Trinajstić information content (AvgIpc) is 3.35. The fourth-order valence-electron chi connectivity index (χ4n) is 3.69. The normalized spacial score (nSPS) is 11.4. The fraction of sp³-hybridized carbons (Fsp3) is 0.0385. The maximum absolute atomic E-state index is 14.7. The summed E-state index contributed by atoms with van der Waals surface area (Å²) in [4.78, 5) is 24.4. The van der Waals surface area contributed by atoms with Crippen LogP contribution in [0.25, 0.3) is 22.3 Å². The highest BCUT2D eigenvalue weighted by Crippen LogP contribution is 2.32. The molecule has 3 heterocycles. The minimum absolute atomic E-state index is 0.0116. The second-order valence-corrected chi connectivity index (χ2v) is 7.89. The lowest BCUT2D eigenvalue weighted by atomic mass is 10.1. The lowest BCUT2D eigenvalue weighted by Gasteiger charge is -2.13. The van der Waals surface area contributed by atoms with Crippen molar-refractivity contribution >= 4 is 34.0 Å². The average molecular weight is 491 g/mol. The van der Waals surface area contributed by atoms with Gasteiger partial charge in [0, 0.05) is 40.8 Å². The van der Waals surface area contributed by atoms with Gasteiger partial charge in [0.25, 0.3) is 5.91 Å². The zero-order chi connectivity index (χ0) is 25.3. The van der Waals surface area contributed by atoms with E-state index in [-0.39, 0.29) is 16.9 Å². The van der Waals surface area contributed by atoms with Gasteiger partial charge in [-0.2, -0.15) is 13.2 Å². The van der Waals surface area contributed by atoms with Crippen LogP contribution in [-0.4, -0.2) is 20.9 Å². The first kappa shape index (κ1) is 23.0. The van der Waals surface area contributed by atoms with E-state index in [2.05, 4.69) is 25.6 Å². The molecule has 36 heavy (non-hydrogen) atoms. The third-order valence-corrected chi connectivity index (χ3v) is 5.43. The molecule has 0 saturated carbocycles.